The van der Waals surface area contributed by atoms with Crippen LogP contribution >= 0.6 is 12.2 Å². The molecule has 0 amide bonds. The summed E-state index contributed by atoms with van der Waals surface area (Å²) in [4.78, 5) is 12.3. The molecule has 0 aromatic heterocycles. The Morgan fingerprint density at radius 2 is 1.79 bits per heavy atom. The smallest absolute Gasteiger partial charge is 0.337 e. The number of methoxy groups -OCH3 is 2. The summed E-state index contributed by atoms with van der Waals surface area (Å²) < 4.78 is 16.4. The Morgan fingerprint density at radius 3 is 2.45 bits per heavy atom. The summed E-state index contributed by atoms with van der Waals surface area (Å²) in [6, 6.07) is 13.3. The zero-order valence-corrected chi connectivity index (χ0v) is 17.7. The van der Waals surface area contributed by atoms with E-state index in [1.807, 2.05) is 49.4 Å². The van der Waals surface area contributed by atoms with Gasteiger partial charge in [0.05, 0.1) is 25.8 Å². The molecule has 6 nitrogen and oxygen atoms in total. The molecule has 1 aliphatic rings. The Hall–Kier alpha value is -3.06. The van der Waals surface area contributed by atoms with E-state index in [2.05, 4.69) is 10.6 Å². The summed E-state index contributed by atoms with van der Waals surface area (Å²) in [7, 11) is 2.94. The van der Waals surface area contributed by atoms with Crippen molar-refractivity contribution >= 4 is 23.3 Å². The molecule has 0 radical (unpaired) electrons. The number of carbonyl (C=O) groups is 1. The maximum atomic E-state index is 12.3. The molecule has 2 N–H and O–H groups in total. The van der Waals surface area contributed by atoms with Gasteiger partial charge in [-0.1, -0.05) is 35.9 Å². The number of thiocarbonyl (C=S) groups is 1. The number of benzene rings is 2. The maximum absolute atomic E-state index is 12.3. The zero-order valence-electron chi connectivity index (χ0n) is 16.9. The van der Waals surface area contributed by atoms with Crippen LogP contribution in [0.25, 0.3) is 0 Å². The molecule has 0 fully saturated rings. The second kappa shape index (κ2) is 8.96. The van der Waals surface area contributed by atoms with Gasteiger partial charge >= 0.3 is 5.97 Å². The number of carbonyl (C=O) groups excluding carboxylic acids is 1. The maximum Gasteiger partial charge on any atom is 0.337 e. The molecule has 1 atom stereocenters. The van der Waals surface area contributed by atoms with Crippen LogP contribution in [-0.2, 0) is 16.1 Å². The predicted octanol–water partition coefficient (Wildman–Crippen LogP) is 3.55. The third-order valence-electron chi connectivity index (χ3n) is 4.71. The average Bonchev–Trinajstić information content (AvgIpc) is 2.72. The number of rotatable bonds is 6. The molecule has 2 aromatic rings. The van der Waals surface area contributed by atoms with Gasteiger partial charge in [0.1, 0.15) is 6.61 Å². The number of hydrogen-bond donors (Lipinski definition) is 2. The van der Waals surface area contributed by atoms with Gasteiger partial charge in [-0.3, -0.25) is 0 Å². The first-order valence-corrected chi connectivity index (χ1v) is 9.56. The fourth-order valence-electron chi connectivity index (χ4n) is 3.15. The van der Waals surface area contributed by atoms with E-state index in [4.69, 9.17) is 26.4 Å². The summed E-state index contributed by atoms with van der Waals surface area (Å²) in [5.41, 5.74) is 4.21. The van der Waals surface area contributed by atoms with Crippen LogP contribution < -0.4 is 20.1 Å². The normalized spacial score (nSPS) is 16.0. The summed E-state index contributed by atoms with van der Waals surface area (Å²) in [6.07, 6.45) is 0. The first-order valence-electron chi connectivity index (χ1n) is 9.15. The third-order valence-corrected chi connectivity index (χ3v) is 4.93. The van der Waals surface area contributed by atoms with Crippen LogP contribution in [0.2, 0.25) is 0 Å². The fourth-order valence-corrected chi connectivity index (χ4v) is 3.42. The van der Waals surface area contributed by atoms with Crippen LogP contribution in [0.5, 0.6) is 11.5 Å². The Balaban J connectivity index is 1.87. The standard InChI is InChI=1S/C22H24N2O4S/c1-13-5-7-15(8-6-13)12-28-17-10-9-16(11-18(17)26-3)20-19(21(25)27-4)14(2)23-22(29)24-20/h5-11,20H,12H2,1-4H3,(H2,23,24,29)/t20-/m0/s1. The highest BCUT2D eigenvalue weighted by atomic mass is 32.1. The molecule has 0 saturated heterocycles. The summed E-state index contributed by atoms with van der Waals surface area (Å²) in [5.74, 6) is 0.769. The SMILES string of the molecule is COC(=O)C1=C(C)NC(=S)N[C@H]1c1ccc(OCc2ccc(C)cc2)c(OC)c1. The van der Waals surface area contributed by atoms with Gasteiger partial charge in [0, 0.05) is 5.70 Å². The van der Waals surface area contributed by atoms with Gasteiger partial charge in [-0.25, -0.2) is 4.79 Å². The molecule has 2 aromatic carbocycles. The van der Waals surface area contributed by atoms with E-state index in [1.165, 1.54) is 12.7 Å². The van der Waals surface area contributed by atoms with Crippen molar-refractivity contribution in [3.63, 3.8) is 0 Å². The average molecular weight is 413 g/mol. The lowest BCUT2D eigenvalue weighted by molar-refractivity contribution is -0.136. The molecule has 1 heterocycles. The van der Waals surface area contributed by atoms with E-state index in [0.717, 1.165) is 11.1 Å². The van der Waals surface area contributed by atoms with Crippen molar-refractivity contribution in [1.29, 1.82) is 0 Å². The number of hydrogen-bond acceptors (Lipinski definition) is 5. The minimum absolute atomic E-state index is 0.423. The molecule has 152 valence electrons. The summed E-state index contributed by atoms with van der Waals surface area (Å²) in [6.45, 7) is 4.27. The highest BCUT2D eigenvalue weighted by Gasteiger charge is 2.31. The summed E-state index contributed by atoms with van der Waals surface area (Å²) in [5, 5.41) is 6.54. The second-order valence-corrected chi connectivity index (χ2v) is 7.15. The van der Waals surface area contributed by atoms with Gasteiger partial charge in [0.2, 0.25) is 0 Å². The number of allylic oxidation sites excluding steroid dienone is 1. The number of esters is 1. The van der Waals surface area contributed by atoms with Crippen molar-refractivity contribution in [2.75, 3.05) is 14.2 Å². The molecule has 0 saturated carbocycles. The third kappa shape index (κ3) is 4.68. The van der Waals surface area contributed by atoms with Gasteiger partial charge < -0.3 is 24.8 Å². The topological polar surface area (TPSA) is 68.8 Å². The van der Waals surface area contributed by atoms with E-state index in [9.17, 15) is 4.79 Å². The van der Waals surface area contributed by atoms with Gasteiger partial charge in [0.25, 0.3) is 0 Å². The quantitative estimate of drug-likeness (QED) is 0.555. The van der Waals surface area contributed by atoms with Gasteiger partial charge in [0.15, 0.2) is 16.6 Å². The lowest BCUT2D eigenvalue weighted by Gasteiger charge is -2.30. The first kappa shape index (κ1) is 20.7. The largest absolute Gasteiger partial charge is 0.493 e. The van der Waals surface area contributed by atoms with E-state index >= 15 is 0 Å². The van der Waals surface area contributed by atoms with Crippen LogP contribution in [0.15, 0.2) is 53.7 Å². The monoisotopic (exact) mass is 412 g/mol. The molecule has 7 heteroatoms. The van der Waals surface area contributed by atoms with E-state index < -0.39 is 12.0 Å². The molecule has 29 heavy (non-hydrogen) atoms. The van der Waals surface area contributed by atoms with Crippen LogP contribution in [0, 0.1) is 6.92 Å². The lowest BCUT2D eigenvalue weighted by Crippen LogP contribution is -2.45. The van der Waals surface area contributed by atoms with E-state index in [1.54, 1.807) is 14.0 Å². The minimum Gasteiger partial charge on any atom is -0.493 e. The first-order chi connectivity index (χ1) is 13.9. The summed E-state index contributed by atoms with van der Waals surface area (Å²) >= 11 is 5.26. The zero-order chi connectivity index (χ0) is 21.0. The lowest BCUT2D eigenvalue weighted by atomic mass is 9.95. The molecular formula is C22H24N2O4S. The van der Waals surface area contributed by atoms with Crippen LogP contribution in [0.4, 0.5) is 0 Å². The number of ether oxygens (including phenoxy) is 3. The van der Waals surface area contributed by atoms with Gasteiger partial charge in [-0.15, -0.1) is 0 Å². The second-order valence-electron chi connectivity index (χ2n) is 6.75. The predicted molar refractivity (Wildman–Crippen MR) is 115 cm³/mol. The Morgan fingerprint density at radius 1 is 1.07 bits per heavy atom. The molecule has 0 unspecified atom stereocenters. The van der Waals surface area contributed by atoms with E-state index in [-0.39, 0.29) is 0 Å². The fraction of sp³-hybridized carbons (Fsp3) is 0.273. The van der Waals surface area contributed by atoms with Gasteiger partial charge in [-0.05, 0) is 49.3 Å². The molecule has 0 spiro atoms. The van der Waals surface area contributed by atoms with Crippen molar-refractivity contribution in [2.24, 2.45) is 0 Å². The van der Waals surface area contributed by atoms with Crippen molar-refractivity contribution in [3.8, 4) is 11.5 Å². The number of aryl methyl sites for hydroxylation is 1. The molecule has 1 aliphatic heterocycles. The van der Waals surface area contributed by atoms with Crippen molar-refractivity contribution < 1.29 is 19.0 Å². The van der Waals surface area contributed by atoms with Crippen LogP contribution in [0.1, 0.15) is 29.7 Å². The van der Waals surface area contributed by atoms with Crippen molar-refractivity contribution in [2.45, 2.75) is 26.5 Å². The van der Waals surface area contributed by atoms with Crippen molar-refractivity contribution in [3.05, 3.63) is 70.4 Å². The molecule has 3 rings (SSSR count). The Bertz CT molecular complexity index is 954. The minimum atomic E-state index is -0.448. The number of nitrogens with one attached hydrogen (secondary N) is 2. The molecule has 0 aliphatic carbocycles. The highest BCUT2D eigenvalue weighted by molar-refractivity contribution is 7.80. The van der Waals surface area contributed by atoms with Gasteiger partial charge in [-0.2, -0.15) is 0 Å². The van der Waals surface area contributed by atoms with E-state index in [0.29, 0.717) is 34.5 Å². The Labute approximate surface area is 175 Å². The molecular weight excluding hydrogens is 388 g/mol. The van der Waals surface area contributed by atoms with Crippen molar-refractivity contribution in [1.82, 2.24) is 10.6 Å². The van der Waals surface area contributed by atoms with Crippen LogP contribution in [-0.4, -0.2) is 25.3 Å². The Kier molecular flexibility index (Phi) is 6.39. The highest BCUT2D eigenvalue weighted by Crippen LogP contribution is 2.35. The molecule has 0 bridgehead atoms. The van der Waals surface area contributed by atoms with Crippen LogP contribution in [0.3, 0.4) is 0 Å².